The summed E-state index contributed by atoms with van der Waals surface area (Å²) in [6.45, 7) is 2.55. The maximum Gasteiger partial charge on any atom is 0.273 e. The Balaban J connectivity index is 2.05. The molecule has 1 aromatic carbocycles. The minimum Gasteiger partial charge on any atom is -0.494 e. The summed E-state index contributed by atoms with van der Waals surface area (Å²) in [4.78, 5) is 15.8. The summed E-state index contributed by atoms with van der Waals surface area (Å²) in [5.41, 5.74) is 1.24. The summed E-state index contributed by atoms with van der Waals surface area (Å²) in [5, 5.41) is 2.80. The fourth-order valence-corrected chi connectivity index (χ4v) is 1.57. The first-order valence-electron chi connectivity index (χ1n) is 5.71. The van der Waals surface area contributed by atoms with E-state index in [1.807, 2.05) is 19.1 Å². The number of ether oxygens (including phenoxy) is 1. The summed E-state index contributed by atoms with van der Waals surface area (Å²) < 4.78 is 7.00. The van der Waals surface area contributed by atoms with E-state index in [1.165, 1.54) is 6.20 Å². The molecule has 0 aliphatic rings. The average Bonchev–Trinajstić information content (AvgIpc) is 2.78. The Morgan fingerprint density at radius 3 is 2.67 bits per heavy atom. The van der Waals surface area contributed by atoms with Gasteiger partial charge in [0.25, 0.3) is 5.91 Å². The van der Waals surface area contributed by atoms with Crippen LogP contribution in [0.25, 0.3) is 0 Å². The molecule has 0 spiro atoms. The van der Waals surface area contributed by atoms with Crippen LogP contribution in [-0.2, 0) is 7.05 Å². The summed E-state index contributed by atoms with van der Waals surface area (Å²) in [6.07, 6.45) is 3.12. The summed E-state index contributed by atoms with van der Waals surface area (Å²) in [5.74, 6) is 0.607. The van der Waals surface area contributed by atoms with Gasteiger partial charge in [-0.3, -0.25) is 4.79 Å². The zero-order valence-corrected chi connectivity index (χ0v) is 10.4. The fraction of sp³-hybridized carbons (Fsp3) is 0.231. The first kappa shape index (κ1) is 12.2. The first-order valence-corrected chi connectivity index (χ1v) is 5.71. The standard InChI is InChI=1S/C13H15N3O2/c1-3-18-11-6-4-10(5-7-11)15-13(17)12-8-14-9-16(12)2/h4-9H,3H2,1-2H3,(H,15,17). The minimum absolute atomic E-state index is 0.181. The number of nitrogens with one attached hydrogen (secondary N) is 1. The highest BCUT2D eigenvalue weighted by atomic mass is 16.5. The molecule has 0 unspecified atom stereocenters. The van der Waals surface area contributed by atoms with Crippen molar-refractivity contribution < 1.29 is 9.53 Å². The highest BCUT2D eigenvalue weighted by Crippen LogP contribution is 2.16. The Kier molecular flexibility index (Phi) is 3.62. The van der Waals surface area contributed by atoms with Crippen molar-refractivity contribution in [1.29, 1.82) is 0 Å². The van der Waals surface area contributed by atoms with Crippen LogP contribution >= 0.6 is 0 Å². The Morgan fingerprint density at radius 1 is 1.39 bits per heavy atom. The van der Waals surface area contributed by atoms with E-state index in [-0.39, 0.29) is 5.91 Å². The number of imidazole rings is 1. The van der Waals surface area contributed by atoms with Gasteiger partial charge < -0.3 is 14.6 Å². The molecule has 0 aliphatic heterocycles. The predicted molar refractivity (Wildman–Crippen MR) is 68.8 cm³/mol. The molecule has 2 rings (SSSR count). The van der Waals surface area contributed by atoms with Crippen LogP contribution in [0.5, 0.6) is 5.75 Å². The van der Waals surface area contributed by atoms with Gasteiger partial charge in [0.2, 0.25) is 0 Å². The maximum absolute atomic E-state index is 11.9. The Bertz CT molecular complexity index is 531. The van der Waals surface area contributed by atoms with Gasteiger partial charge in [0.15, 0.2) is 0 Å². The van der Waals surface area contributed by atoms with Crippen LogP contribution in [0.15, 0.2) is 36.8 Å². The normalized spacial score (nSPS) is 10.1. The van der Waals surface area contributed by atoms with Crippen molar-refractivity contribution in [2.24, 2.45) is 7.05 Å². The molecule has 0 radical (unpaired) electrons. The third-order valence-electron chi connectivity index (χ3n) is 2.47. The summed E-state index contributed by atoms with van der Waals surface area (Å²) in [7, 11) is 1.78. The molecule has 18 heavy (non-hydrogen) atoms. The number of nitrogens with zero attached hydrogens (tertiary/aromatic N) is 2. The fourth-order valence-electron chi connectivity index (χ4n) is 1.57. The molecule has 0 aliphatic carbocycles. The van der Waals surface area contributed by atoms with Gasteiger partial charge in [0, 0.05) is 12.7 Å². The van der Waals surface area contributed by atoms with Crippen molar-refractivity contribution in [2.45, 2.75) is 6.92 Å². The van der Waals surface area contributed by atoms with Gasteiger partial charge in [-0.2, -0.15) is 0 Å². The molecular formula is C13H15N3O2. The van der Waals surface area contributed by atoms with Crippen molar-refractivity contribution in [3.05, 3.63) is 42.5 Å². The van der Waals surface area contributed by atoms with E-state index >= 15 is 0 Å². The molecule has 1 N–H and O–H groups in total. The first-order chi connectivity index (χ1) is 8.70. The molecule has 1 heterocycles. The van der Waals surface area contributed by atoms with Crippen molar-refractivity contribution >= 4 is 11.6 Å². The summed E-state index contributed by atoms with van der Waals surface area (Å²) in [6, 6.07) is 7.25. The largest absolute Gasteiger partial charge is 0.494 e. The quantitative estimate of drug-likeness (QED) is 0.897. The summed E-state index contributed by atoms with van der Waals surface area (Å²) >= 11 is 0. The van der Waals surface area contributed by atoms with E-state index < -0.39 is 0 Å². The van der Waals surface area contributed by atoms with Gasteiger partial charge in [-0.15, -0.1) is 0 Å². The van der Waals surface area contributed by atoms with Crippen LogP contribution in [0.3, 0.4) is 0 Å². The number of hydrogen-bond acceptors (Lipinski definition) is 3. The molecule has 0 atom stereocenters. The van der Waals surface area contributed by atoms with Crippen LogP contribution in [-0.4, -0.2) is 22.1 Å². The highest BCUT2D eigenvalue weighted by Gasteiger charge is 2.09. The second-order valence-electron chi connectivity index (χ2n) is 3.80. The lowest BCUT2D eigenvalue weighted by Gasteiger charge is -2.07. The lowest BCUT2D eigenvalue weighted by atomic mass is 10.3. The van der Waals surface area contributed by atoms with Gasteiger partial charge in [-0.05, 0) is 31.2 Å². The molecule has 0 saturated heterocycles. The van der Waals surface area contributed by atoms with Crippen LogP contribution in [0.1, 0.15) is 17.4 Å². The minimum atomic E-state index is -0.181. The number of rotatable bonds is 4. The Hall–Kier alpha value is -2.30. The lowest BCUT2D eigenvalue weighted by Crippen LogP contribution is -2.15. The molecule has 5 heteroatoms. The second kappa shape index (κ2) is 5.35. The highest BCUT2D eigenvalue weighted by molar-refractivity contribution is 6.02. The van der Waals surface area contributed by atoms with Gasteiger partial charge in [0.05, 0.1) is 19.1 Å². The Labute approximate surface area is 105 Å². The smallest absolute Gasteiger partial charge is 0.273 e. The molecule has 0 bridgehead atoms. The average molecular weight is 245 g/mol. The number of benzene rings is 1. The van der Waals surface area contributed by atoms with E-state index in [0.29, 0.717) is 12.3 Å². The number of carbonyl (C=O) groups excluding carboxylic acids is 1. The zero-order chi connectivity index (χ0) is 13.0. The number of carbonyl (C=O) groups is 1. The number of aryl methyl sites for hydroxylation is 1. The SMILES string of the molecule is CCOc1ccc(NC(=O)c2cncn2C)cc1. The van der Waals surface area contributed by atoms with E-state index in [0.717, 1.165) is 11.4 Å². The van der Waals surface area contributed by atoms with E-state index in [9.17, 15) is 4.79 Å². The molecule has 2 aromatic rings. The number of hydrogen-bond donors (Lipinski definition) is 1. The monoisotopic (exact) mass is 245 g/mol. The Morgan fingerprint density at radius 2 is 2.11 bits per heavy atom. The molecule has 1 amide bonds. The number of aromatic nitrogens is 2. The van der Waals surface area contributed by atoms with Crippen LogP contribution in [0, 0.1) is 0 Å². The van der Waals surface area contributed by atoms with E-state index in [1.54, 1.807) is 30.1 Å². The molecule has 94 valence electrons. The molecule has 0 fully saturated rings. The van der Waals surface area contributed by atoms with Crippen molar-refractivity contribution in [3.8, 4) is 5.75 Å². The van der Waals surface area contributed by atoms with Gasteiger partial charge in [-0.25, -0.2) is 4.98 Å². The van der Waals surface area contributed by atoms with E-state index in [2.05, 4.69) is 10.3 Å². The van der Waals surface area contributed by atoms with Gasteiger partial charge >= 0.3 is 0 Å². The van der Waals surface area contributed by atoms with E-state index in [4.69, 9.17) is 4.74 Å². The second-order valence-corrected chi connectivity index (χ2v) is 3.80. The maximum atomic E-state index is 11.9. The van der Waals surface area contributed by atoms with Gasteiger partial charge in [0.1, 0.15) is 11.4 Å². The third kappa shape index (κ3) is 2.68. The number of amides is 1. The van der Waals surface area contributed by atoms with Crippen LogP contribution in [0.4, 0.5) is 5.69 Å². The molecule has 0 saturated carbocycles. The zero-order valence-electron chi connectivity index (χ0n) is 10.4. The molecule has 5 nitrogen and oxygen atoms in total. The van der Waals surface area contributed by atoms with Crippen molar-refractivity contribution in [1.82, 2.24) is 9.55 Å². The van der Waals surface area contributed by atoms with Crippen LogP contribution < -0.4 is 10.1 Å². The predicted octanol–water partition coefficient (Wildman–Crippen LogP) is 2.07. The topological polar surface area (TPSA) is 56.1 Å². The third-order valence-corrected chi connectivity index (χ3v) is 2.47. The van der Waals surface area contributed by atoms with Crippen molar-refractivity contribution in [3.63, 3.8) is 0 Å². The van der Waals surface area contributed by atoms with Crippen molar-refractivity contribution in [2.75, 3.05) is 11.9 Å². The lowest BCUT2D eigenvalue weighted by molar-refractivity contribution is 0.101. The molecule has 1 aromatic heterocycles. The van der Waals surface area contributed by atoms with Gasteiger partial charge in [-0.1, -0.05) is 0 Å². The number of anilines is 1. The molecular weight excluding hydrogens is 230 g/mol. The van der Waals surface area contributed by atoms with Crippen LogP contribution in [0.2, 0.25) is 0 Å².